The highest BCUT2D eigenvalue weighted by Gasteiger charge is 2.31. The summed E-state index contributed by atoms with van der Waals surface area (Å²) in [6, 6.07) is 0. The standard InChI is InChI=1S/C16H30N2O2/c1-16(2,3)20-15(19)18-11-7-14(8-12-18)13-5-9-17(4)10-6-13/h13-14H,5-12H2,1-4H3. The topological polar surface area (TPSA) is 32.8 Å². The van der Waals surface area contributed by atoms with Gasteiger partial charge in [-0.1, -0.05) is 0 Å². The van der Waals surface area contributed by atoms with Crippen LogP contribution in [0.4, 0.5) is 4.79 Å². The van der Waals surface area contributed by atoms with Gasteiger partial charge in [-0.2, -0.15) is 0 Å². The largest absolute Gasteiger partial charge is 0.444 e. The molecule has 0 bridgehead atoms. The van der Waals surface area contributed by atoms with Crippen molar-refractivity contribution >= 4 is 6.09 Å². The van der Waals surface area contributed by atoms with Crippen molar-refractivity contribution in [2.75, 3.05) is 33.2 Å². The zero-order valence-electron chi connectivity index (χ0n) is 13.5. The van der Waals surface area contributed by atoms with Gasteiger partial charge >= 0.3 is 6.09 Å². The monoisotopic (exact) mass is 282 g/mol. The van der Waals surface area contributed by atoms with Crippen LogP contribution in [0.5, 0.6) is 0 Å². The van der Waals surface area contributed by atoms with Crippen LogP contribution in [0, 0.1) is 11.8 Å². The molecule has 0 N–H and O–H groups in total. The summed E-state index contributed by atoms with van der Waals surface area (Å²) >= 11 is 0. The van der Waals surface area contributed by atoms with Gasteiger partial charge in [-0.3, -0.25) is 0 Å². The fraction of sp³-hybridized carbons (Fsp3) is 0.938. The second-order valence-electron chi connectivity index (χ2n) is 7.45. The van der Waals surface area contributed by atoms with Gasteiger partial charge in [0.2, 0.25) is 0 Å². The molecule has 0 aromatic carbocycles. The molecule has 2 rings (SSSR count). The molecule has 0 unspecified atom stereocenters. The molecule has 0 atom stereocenters. The Bertz CT molecular complexity index is 322. The van der Waals surface area contributed by atoms with Crippen LogP contribution in [0.1, 0.15) is 46.5 Å². The van der Waals surface area contributed by atoms with Crippen molar-refractivity contribution in [1.29, 1.82) is 0 Å². The van der Waals surface area contributed by atoms with E-state index in [2.05, 4.69) is 11.9 Å². The van der Waals surface area contributed by atoms with Crippen LogP contribution in [0.3, 0.4) is 0 Å². The number of carbonyl (C=O) groups excluding carboxylic acids is 1. The van der Waals surface area contributed by atoms with Crippen molar-refractivity contribution in [3.05, 3.63) is 0 Å². The van der Waals surface area contributed by atoms with Crippen molar-refractivity contribution < 1.29 is 9.53 Å². The quantitative estimate of drug-likeness (QED) is 0.741. The lowest BCUT2D eigenvalue weighted by Gasteiger charge is -2.39. The summed E-state index contributed by atoms with van der Waals surface area (Å²) in [7, 11) is 2.21. The maximum absolute atomic E-state index is 12.0. The summed E-state index contributed by atoms with van der Waals surface area (Å²) in [6.45, 7) is 9.98. The lowest BCUT2D eigenvalue weighted by Crippen LogP contribution is -2.44. The number of hydrogen-bond acceptors (Lipinski definition) is 3. The van der Waals surface area contributed by atoms with Crippen molar-refractivity contribution in [2.24, 2.45) is 11.8 Å². The van der Waals surface area contributed by atoms with Gasteiger partial charge in [-0.05, 0) is 78.4 Å². The number of nitrogens with zero attached hydrogens (tertiary/aromatic N) is 2. The molecule has 2 fully saturated rings. The van der Waals surface area contributed by atoms with Gasteiger partial charge in [0.25, 0.3) is 0 Å². The Morgan fingerprint density at radius 1 is 0.950 bits per heavy atom. The molecular weight excluding hydrogens is 252 g/mol. The van der Waals surface area contributed by atoms with Crippen LogP contribution in [0.2, 0.25) is 0 Å². The van der Waals surface area contributed by atoms with Gasteiger partial charge in [-0.25, -0.2) is 4.79 Å². The summed E-state index contributed by atoms with van der Waals surface area (Å²) in [5, 5.41) is 0. The summed E-state index contributed by atoms with van der Waals surface area (Å²) in [5.41, 5.74) is -0.387. The number of likely N-dealkylation sites (tertiary alicyclic amines) is 2. The zero-order valence-corrected chi connectivity index (χ0v) is 13.5. The fourth-order valence-corrected chi connectivity index (χ4v) is 3.38. The predicted octanol–water partition coefficient (Wildman–Crippen LogP) is 2.98. The van der Waals surface area contributed by atoms with E-state index >= 15 is 0 Å². The van der Waals surface area contributed by atoms with E-state index in [1.165, 1.54) is 25.9 Å². The SMILES string of the molecule is CN1CCC(C2CCN(C(=O)OC(C)(C)C)CC2)CC1. The smallest absolute Gasteiger partial charge is 0.410 e. The molecule has 116 valence electrons. The second-order valence-corrected chi connectivity index (χ2v) is 7.45. The molecule has 0 aliphatic carbocycles. The molecule has 2 saturated heterocycles. The Kier molecular flexibility index (Phi) is 4.95. The minimum absolute atomic E-state index is 0.140. The van der Waals surface area contributed by atoms with Gasteiger partial charge in [0.05, 0.1) is 0 Å². The maximum Gasteiger partial charge on any atom is 0.410 e. The van der Waals surface area contributed by atoms with E-state index in [1.807, 2.05) is 25.7 Å². The van der Waals surface area contributed by atoms with E-state index in [0.29, 0.717) is 0 Å². The first kappa shape index (κ1) is 15.6. The first-order valence-electron chi connectivity index (χ1n) is 8.01. The molecule has 0 aromatic rings. The number of rotatable bonds is 1. The second kappa shape index (κ2) is 6.33. The van der Waals surface area contributed by atoms with E-state index in [1.54, 1.807) is 0 Å². The minimum Gasteiger partial charge on any atom is -0.444 e. The molecule has 4 heteroatoms. The summed E-state index contributed by atoms with van der Waals surface area (Å²) < 4.78 is 5.45. The van der Waals surface area contributed by atoms with Gasteiger partial charge in [0.1, 0.15) is 5.60 Å². The number of carbonyl (C=O) groups is 1. The first-order valence-corrected chi connectivity index (χ1v) is 8.01. The molecule has 4 nitrogen and oxygen atoms in total. The maximum atomic E-state index is 12.0. The van der Waals surface area contributed by atoms with Crippen LogP contribution in [0.15, 0.2) is 0 Å². The number of hydrogen-bond donors (Lipinski definition) is 0. The molecule has 0 radical (unpaired) electrons. The molecule has 0 saturated carbocycles. The van der Waals surface area contributed by atoms with E-state index in [9.17, 15) is 4.79 Å². The molecule has 2 aliphatic heterocycles. The molecule has 0 spiro atoms. The Balaban J connectivity index is 1.76. The van der Waals surface area contributed by atoms with Crippen molar-refractivity contribution in [3.63, 3.8) is 0 Å². The van der Waals surface area contributed by atoms with Gasteiger partial charge < -0.3 is 14.5 Å². The first-order chi connectivity index (χ1) is 9.35. The highest BCUT2D eigenvalue weighted by molar-refractivity contribution is 5.68. The highest BCUT2D eigenvalue weighted by Crippen LogP contribution is 2.32. The predicted molar refractivity (Wildman–Crippen MR) is 80.8 cm³/mol. The summed E-state index contributed by atoms with van der Waals surface area (Å²) in [4.78, 5) is 16.3. The Morgan fingerprint density at radius 2 is 1.40 bits per heavy atom. The summed E-state index contributed by atoms with van der Waals surface area (Å²) in [5.74, 6) is 1.68. The molecular formula is C16H30N2O2. The molecule has 20 heavy (non-hydrogen) atoms. The highest BCUT2D eigenvalue weighted by atomic mass is 16.6. The van der Waals surface area contributed by atoms with Gasteiger partial charge in [-0.15, -0.1) is 0 Å². The molecule has 2 aliphatic rings. The fourth-order valence-electron chi connectivity index (χ4n) is 3.38. The third kappa shape index (κ3) is 4.37. The van der Waals surface area contributed by atoms with Gasteiger partial charge in [0.15, 0.2) is 0 Å². The number of amides is 1. The number of ether oxygens (including phenoxy) is 1. The minimum atomic E-state index is -0.387. The van der Waals surface area contributed by atoms with Crippen LogP contribution in [-0.4, -0.2) is 54.7 Å². The third-order valence-corrected chi connectivity index (χ3v) is 4.62. The van der Waals surface area contributed by atoms with E-state index < -0.39 is 0 Å². The zero-order chi connectivity index (χ0) is 14.8. The molecule has 2 heterocycles. The molecule has 0 aromatic heterocycles. The van der Waals surface area contributed by atoms with Crippen LogP contribution >= 0.6 is 0 Å². The van der Waals surface area contributed by atoms with Crippen LogP contribution in [-0.2, 0) is 4.74 Å². The average molecular weight is 282 g/mol. The Hall–Kier alpha value is -0.770. The van der Waals surface area contributed by atoms with E-state index in [0.717, 1.165) is 37.8 Å². The molecule has 1 amide bonds. The van der Waals surface area contributed by atoms with Crippen LogP contribution in [0.25, 0.3) is 0 Å². The van der Waals surface area contributed by atoms with Crippen LogP contribution < -0.4 is 0 Å². The normalized spacial score (nSPS) is 23.9. The number of piperidine rings is 2. The van der Waals surface area contributed by atoms with E-state index in [-0.39, 0.29) is 11.7 Å². The lowest BCUT2D eigenvalue weighted by atomic mass is 9.79. The van der Waals surface area contributed by atoms with Crippen molar-refractivity contribution in [2.45, 2.75) is 52.1 Å². The van der Waals surface area contributed by atoms with Crippen molar-refractivity contribution in [1.82, 2.24) is 9.80 Å². The average Bonchev–Trinajstić information content (AvgIpc) is 2.38. The third-order valence-electron chi connectivity index (χ3n) is 4.62. The Labute approximate surface area is 123 Å². The summed E-state index contributed by atoms with van der Waals surface area (Å²) in [6.07, 6.45) is 4.81. The van der Waals surface area contributed by atoms with Gasteiger partial charge in [0, 0.05) is 13.1 Å². The van der Waals surface area contributed by atoms with E-state index in [4.69, 9.17) is 4.74 Å². The lowest BCUT2D eigenvalue weighted by molar-refractivity contribution is 0.0139. The van der Waals surface area contributed by atoms with Crippen molar-refractivity contribution in [3.8, 4) is 0 Å². The Morgan fingerprint density at radius 3 is 1.85 bits per heavy atom.